The van der Waals surface area contributed by atoms with Gasteiger partial charge in [0, 0.05) is 13.0 Å². The molecule has 1 amide bonds. The molecule has 136 valence electrons. The number of hydrogen-bond acceptors (Lipinski definition) is 4. The normalized spacial score (nSPS) is 10.7. The minimum atomic E-state index is -0.152. The lowest BCUT2D eigenvalue weighted by Crippen LogP contribution is -2.30. The molecule has 2 aromatic carbocycles. The maximum atomic E-state index is 11.9. The van der Waals surface area contributed by atoms with E-state index in [9.17, 15) is 4.79 Å². The molecule has 0 bridgehead atoms. The standard InChI is InChI=1S/C20H23N3O3/c1-2-25-17-10-5-6-11-18(17)26-14-20(24)21-13-7-12-19-22-15-8-3-4-9-16(15)23-19/h3-6,8-11H,2,7,12-14H2,1H3,(H,21,24)(H,22,23). The Hall–Kier alpha value is -3.02. The fraction of sp³-hybridized carbons (Fsp3) is 0.300. The molecule has 1 heterocycles. The fourth-order valence-corrected chi connectivity index (χ4v) is 2.65. The lowest BCUT2D eigenvalue weighted by molar-refractivity contribution is -0.123. The van der Waals surface area contributed by atoms with Gasteiger partial charge in [-0.05, 0) is 37.6 Å². The van der Waals surface area contributed by atoms with Gasteiger partial charge in [-0.3, -0.25) is 4.79 Å². The first-order valence-corrected chi connectivity index (χ1v) is 8.81. The van der Waals surface area contributed by atoms with Crippen LogP contribution in [-0.2, 0) is 11.2 Å². The number of carbonyl (C=O) groups excluding carboxylic acids is 1. The number of nitrogens with one attached hydrogen (secondary N) is 2. The van der Waals surface area contributed by atoms with E-state index in [4.69, 9.17) is 9.47 Å². The van der Waals surface area contributed by atoms with Crippen LogP contribution in [0.25, 0.3) is 11.0 Å². The van der Waals surface area contributed by atoms with Crippen LogP contribution in [0.5, 0.6) is 11.5 Å². The Balaban J connectivity index is 1.39. The number of rotatable bonds is 9. The van der Waals surface area contributed by atoms with Crippen molar-refractivity contribution in [2.75, 3.05) is 19.8 Å². The van der Waals surface area contributed by atoms with Gasteiger partial charge >= 0.3 is 0 Å². The molecule has 0 spiro atoms. The van der Waals surface area contributed by atoms with Crippen LogP contribution < -0.4 is 14.8 Å². The molecule has 0 fully saturated rings. The summed E-state index contributed by atoms with van der Waals surface area (Å²) in [5.74, 6) is 2.00. The van der Waals surface area contributed by atoms with Crippen molar-refractivity contribution in [3.05, 3.63) is 54.4 Å². The van der Waals surface area contributed by atoms with Gasteiger partial charge in [0.25, 0.3) is 5.91 Å². The van der Waals surface area contributed by atoms with Crippen LogP contribution >= 0.6 is 0 Å². The Morgan fingerprint density at radius 1 is 1.08 bits per heavy atom. The molecule has 0 unspecified atom stereocenters. The van der Waals surface area contributed by atoms with Gasteiger partial charge in [0.05, 0.1) is 17.6 Å². The molecule has 0 aliphatic rings. The first-order chi connectivity index (χ1) is 12.8. The highest BCUT2D eigenvalue weighted by atomic mass is 16.5. The number of hydrogen-bond donors (Lipinski definition) is 2. The van der Waals surface area contributed by atoms with E-state index in [1.165, 1.54) is 0 Å². The number of fused-ring (bicyclic) bond motifs is 1. The van der Waals surface area contributed by atoms with Crippen LogP contribution in [0.1, 0.15) is 19.2 Å². The summed E-state index contributed by atoms with van der Waals surface area (Å²) in [4.78, 5) is 19.7. The molecule has 26 heavy (non-hydrogen) atoms. The number of benzene rings is 2. The molecule has 3 rings (SSSR count). The third-order valence-corrected chi connectivity index (χ3v) is 3.86. The van der Waals surface area contributed by atoms with Gasteiger partial charge in [0.2, 0.25) is 0 Å². The number of aryl methyl sites for hydroxylation is 1. The van der Waals surface area contributed by atoms with E-state index >= 15 is 0 Å². The molecule has 0 aliphatic heterocycles. The van der Waals surface area contributed by atoms with Crippen LogP contribution in [0, 0.1) is 0 Å². The molecule has 6 heteroatoms. The SMILES string of the molecule is CCOc1ccccc1OCC(=O)NCCCc1nc2ccccc2[nH]1. The van der Waals surface area contributed by atoms with E-state index in [-0.39, 0.29) is 12.5 Å². The number of imidazole rings is 1. The maximum absolute atomic E-state index is 11.9. The number of ether oxygens (including phenoxy) is 2. The first-order valence-electron chi connectivity index (χ1n) is 8.81. The van der Waals surface area contributed by atoms with Crippen LogP contribution in [-0.4, -0.2) is 35.6 Å². The molecule has 0 radical (unpaired) electrons. The Labute approximate surface area is 152 Å². The van der Waals surface area contributed by atoms with Gasteiger partial charge in [-0.25, -0.2) is 4.98 Å². The zero-order valence-corrected chi connectivity index (χ0v) is 14.8. The minimum Gasteiger partial charge on any atom is -0.490 e. The van der Waals surface area contributed by atoms with Gasteiger partial charge in [-0.1, -0.05) is 24.3 Å². The molecule has 2 N–H and O–H groups in total. The average molecular weight is 353 g/mol. The highest BCUT2D eigenvalue weighted by molar-refractivity contribution is 5.77. The number of carbonyl (C=O) groups is 1. The summed E-state index contributed by atoms with van der Waals surface area (Å²) in [5, 5.41) is 2.86. The van der Waals surface area contributed by atoms with Gasteiger partial charge in [0.1, 0.15) is 5.82 Å². The van der Waals surface area contributed by atoms with E-state index in [0.717, 1.165) is 29.7 Å². The molecule has 0 aliphatic carbocycles. The van der Waals surface area contributed by atoms with Gasteiger partial charge in [-0.2, -0.15) is 0 Å². The lowest BCUT2D eigenvalue weighted by Gasteiger charge is -2.11. The predicted molar refractivity (Wildman–Crippen MR) is 101 cm³/mol. The molecule has 0 saturated carbocycles. The van der Waals surface area contributed by atoms with Crippen LogP contribution in [0.3, 0.4) is 0 Å². The summed E-state index contributed by atoms with van der Waals surface area (Å²) in [7, 11) is 0. The Bertz CT molecular complexity index is 827. The Morgan fingerprint density at radius 3 is 2.58 bits per heavy atom. The number of nitrogens with zero attached hydrogens (tertiary/aromatic N) is 1. The van der Waals surface area contributed by atoms with Gasteiger partial charge in [-0.15, -0.1) is 0 Å². The predicted octanol–water partition coefficient (Wildman–Crippen LogP) is 3.09. The van der Waals surface area contributed by atoms with Crippen molar-refractivity contribution >= 4 is 16.9 Å². The zero-order chi connectivity index (χ0) is 18.2. The smallest absolute Gasteiger partial charge is 0.257 e. The van der Waals surface area contributed by atoms with Crippen molar-refractivity contribution in [1.29, 1.82) is 0 Å². The van der Waals surface area contributed by atoms with Gasteiger partial charge in [0.15, 0.2) is 18.1 Å². The summed E-state index contributed by atoms with van der Waals surface area (Å²) >= 11 is 0. The van der Waals surface area contributed by atoms with E-state index in [2.05, 4.69) is 15.3 Å². The van der Waals surface area contributed by atoms with Crippen molar-refractivity contribution in [2.45, 2.75) is 19.8 Å². The molecule has 6 nitrogen and oxygen atoms in total. The number of amides is 1. The zero-order valence-electron chi connectivity index (χ0n) is 14.8. The van der Waals surface area contributed by atoms with Crippen LogP contribution in [0.2, 0.25) is 0 Å². The number of aromatic amines is 1. The molecule has 1 aromatic heterocycles. The van der Waals surface area contributed by atoms with Crippen molar-refractivity contribution in [3.63, 3.8) is 0 Å². The van der Waals surface area contributed by atoms with Crippen LogP contribution in [0.4, 0.5) is 0 Å². The quantitative estimate of drug-likeness (QED) is 0.580. The summed E-state index contributed by atoms with van der Waals surface area (Å²) in [6, 6.07) is 15.3. The summed E-state index contributed by atoms with van der Waals surface area (Å²) in [5.41, 5.74) is 2.00. The molecular weight excluding hydrogens is 330 g/mol. The van der Waals surface area contributed by atoms with Crippen LogP contribution in [0.15, 0.2) is 48.5 Å². The average Bonchev–Trinajstić information content (AvgIpc) is 3.07. The van der Waals surface area contributed by atoms with Crippen molar-refractivity contribution in [3.8, 4) is 11.5 Å². The second-order valence-corrected chi connectivity index (χ2v) is 5.82. The monoisotopic (exact) mass is 353 g/mol. The second kappa shape index (κ2) is 8.89. The first kappa shape index (κ1) is 17.8. The van der Waals surface area contributed by atoms with E-state index in [0.29, 0.717) is 24.7 Å². The highest BCUT2D eigenvalue weighted by Gasteiger charge is 2.07. The van der Waals surface area contributed by atoms with Crippen molar-refractivity contribution in [2.24, 2.45) is 0 Å². The third-order valence-electron chi connectivity index (χ3n) is 3.86. The van der Waals surface area contributed by atoms with Gasteiger partial charge < -0.3 is 19.8 Å². The minimum absolute atomic E-state index is 0.0330. The number of aromatic nitrogens is 2. The third kappa shape index (κ3) is 4.75. The number of para-hydroxylation sites is 4. The number of H-pyrrole nitrogens is 1. The summed E-state index contributed by atoms with van der Waals surface area (Å²) < 4.78 is 11.0. The molecule has 0 atom stereocenters. The summed E-state index contributed by atoms with van der Waals surface area (Å²) in [6.07, 6.45) is 1.59. The highest BCUT2D eigenvalue weighted by Crippen LogP contribution is 2.26. The van der Waals surface area contributed by atoms with E-state index in [1.54, 1.807) is 6.07 Å². The Morgan fingerprint density at radius 2 is 1.81 bits per heavy atom. The van der Waals surface area contributed by atoms with Crippen molar-refractivity contribution < 1.29 is 14.3 Å². The lowest BCUT2D eigenvalue weighted by atomic mass is 10.3. The topological polar surface area (TPSA) is 76.2 Å². The fourth-order valence-electron chi connectivity index (χ4n) is 2.65. The molecular formula is C20H23N3O3. The van der Waals surface area contributed by atoms with E-state index < -0.39 is 0 Å². The van der Waals surface area contributed by atoms with Crippen molar-refractivity contribution in [1.82, 2.24) is 15.3 Å². The second-order valence-electron chi connectivity index (χ2n) is 5.82. The Kier molecular flexibility index (Phi) is 6.09. The molecule has 3 aromatic rings. The largest absolute Gasteiger partial charge is 0.490 e. The van der Waals surface area contributed by atoms with E-state index in [1.807, 2.05) is 49.4 Å². The summed E-state index contributed by atoms with van der Waals surface area (Å²) in [6.45, 7) is 3.00. The maximum Gasteiger partial charge on any atom is 0.257 e. The molecule has 0 saturated heterocycles.